The summed E-state index contributed by atoms with van der Waals surface area (Å²) in [5, 5.41) is 0. The molecule has 3 rings (SSSR count). The highest BCUT2D eigenvalue weighted by molar-refractivity contribution is 5.91. The van der Waals surface area contributed by atoms with Crippen LogP contribution in [0.3, 0.4) is 0 Å². The average Bonchev–Trinajstić information content (AvgIpc) is 2.58. The van der Waals surface area contributed by atoms with Crippen molar-refractivity contribution in [3.8, 4) is 5.75 Å². The van der Waals surface area contributed by atoms with Crippen LogP contribution in [0.1, 0.15) is 43.7 Å². The van der Waals surface area contributed by atoms with Gasteiger partial charge in [0.2, 0.25) is 0 Å². The third-order valence-electron chi connectivity index (χ3n) is 4.41. The largest absolute Gasteiger partial charge is 0.422 e. The van der Waals surface area contributed by atoms with Gasteiger partial charge in [0, 0.05) is 0 Å². The van der Waals surface area contributed by atoms with Crippen molar-refractivity contribution in [1.82, 2.24) is 0 Å². The molecule has 0 fully saturated rings. The molecule has 132 valence electrons. The van der Waals surface area contributed by atoms with E-state index in [0.717, 1.165) is 17.5 Å². The van der Waals surface area contributed by atoms with E-state index < -0.39 is 0 Å². The zero-order valence-electron chi connectivity index (χ0n) is 15.8. The monoisotopic (exact) mass is 344 g/mol. The van der Waals surface area contributed by atoms with Gasteiger partial charge in [0.25, 0.3) is 0 Å². The van der Waals surface area contributed by atoms with E-state index in [2.05, 4.69) is 44.2 Å². The highest BCUT2D eigenvalue weighted by Gasteiger charge is 2.13. The highest BCUT2D eigenvalue weighted by Crippen LogP contribution is 2.27. The van der Waals surface area contributed by atoms with Gasteiger partial charge in [0.15, 0.2) is 0 Å². The lowest BCUT2D eigenvalue weighted by atomic mass is 9.97. The summed E-state index contributed by atoms with van der Waals surface area (Å²) in [6.07, 6.45) is 0.872. The predicted octanol–water partition coefficient (Wildman–Crippen LogP) is 5.73. The molecule has 0 bridgehead atoms. The van der Waals surface area contributed by atoms with Crippen LogP contribution in [0.15, 0.2) is 60.7 Å². The van der Waals surface area contributed by atoms with E-state index in [0.29, 0.717) is 11.3 Å². The number of carbonyl (C=O) groups is 1. The Morgan fingerprint density at radius 1 is 0.769 bits per heavy atom. The molecule has 0 spiro atoms. The fourth-order valence-corrected chi connectivity index (χ4v) is 3.44. The number of benzene rings is 3. The number of hydrogen-bond donors (Lipinski definition) is 0. The van der Waals surface area contributed by atoms with Gasteiger partial charge in [0.05, 0.1) is 5.56 Å². The van der Waals surface area contributed by atoms with Crippen molar-refractivity contribution in [3.05, 3.63) is 99.6 Å². The second kappa shape index (κ2) is 7.57. The molecular formula is C24H24O2. The zero-order valence-corrected chi connectivity index (χ0v) is 15.8. The van der Waals surface area contributed by atoms with E-state index in [1.807, 2.05) is 32.0 Å². The smallest absolute Gasteiger partial charge is 0.343 e. The molecule has 0 aliphatic rings. The Morgan fingerprint density at radius 3 is 1.88 bits per heavy atom. The van der Waals surface area contributed by atoms with Crippen LogP contribution in [0.2, 0.25) is 0 Å². The Hall–Kier alpha value is -2.87. The summed E-state index contributed by atoms with van der Waals surface area (Å²) < 4.78 is 5.67. The first-order chi connectivity index (χ1) is 12.4. The molecule has 0 radical (unpaired) electrons. The van der Waals surface area contributed by atoms with E-state index in [-0.39, 0.29) is 5.97 Å². The maximum absolute atomic E-state index is 12.3. The molecule has 0 atom stereocenters. The van der Waals surface area contributed by atoms with Crippen molar-refractivity contribution in [2.45, 2.75) is 34.1 Å². The van der Waals surface area contributed by atoms with E-state index in [1.54, 1.807) is 12.1 Å². The van der Waals surface area contributed by atoms with Crippen molar-refractivity contribution in [2.75, 3.05) is 0 Å². The van der Waals surface area contributed by atoms with E-state index in [9.17, 15) is 4.79 Å². The minimum Gasteiger partial charge on any atom is -0.422 e. The molecule has 3 aromatic carbocycles. The lowest BCUT2D eigenvalue weighted by Gasteiger charge is -2.13. The average molecular weight is 344 g/mol. The summed E-state index contributed by atoms with van der Waals surface area (Å²) in [5.74, 6) is 0.335. The van der Waals surface area contributed by atoms with E-state index >= 15 is 0 Å². The highest BCUT2D eigenvalue weighted by atomic mass is 16.5. The lowest BCUT2D eigenvalue weighted by molar-refractivity contribution is 0.0732. The first kappa shape index (κ1) is 17.9. The van der Waals surface area contributed by atoms with Crippen molar-refractivity contribution in [2.24, 2.45) is 0 Å². The van der Waals surface area contributed by atoms with Crippen LogP contribution in [0.4, 0.5) is 0 Å². The molecule has 0 heterocycles. The van der Waals surface area contributed by atoms with Crippen LogP contribution in [0.5, 0.6) is 5.75 Å². The van der Waals surface area contributed by atoms with Crippen LogP contribution in [0.25, 0.3) is 0 Å². The van der Waals surface area contributed by atoms with Crippen molar-refractivity contribution in [1.29, 1.82) is 0 Å². The third kappa shape index (κ3) is 4.20. The van der Waals surface area contributed by atoms with Gasteiger partial charge >= 0.3 is 5.97 Å². The quantitative estimate of drug-likeness (QED) is 0.446. The van der Waals surface area contributed by atoms with Gasteiger partial charge in [0.1, 0.15) is 5.75 Å². The van der Waals surface area contributed by atoms with Gasteiger partial charge in [-0.15, -0.1) is 0 Å². The Morgan fingerprint density at radius 2 is 1.31 bits per heavy atom. The van der Waals surface area contributed by atoms with Crippen molar-refractivity contribution >= 4 is 5.97 Å². The molecule has 0 aliphatic carbocycles. The minimum atomic E-state index is -0.321. The molecule has 3 aromatic rings. The van der Waals surface area contributed by atoms with Crippen LogP contribution in [-0.4, -0.2) is 5.97 Å². The molecule has 26 heavy (non-hydrogen) atoms. The first-order valence-corrected chi connectivity index (χ1v) is 8.87. The van der Waals surface area contributed by atoms with Gasteiger partial charge in [-0.2, -0.15) is 0 Å². The van der Waals surface area contributed by atoms with Crippen LogP contribution in [0, 0.1) is 27.7 Å². The number of hydrogen-bond acceptors (Lipinski definition) is 2. The molecule has 2 nitrogen and oxygen atoms in total. The molecule has 0 aromatic heterocycles. The number of ether oxygens (including phenoxy) is 1. The van der Waals surface area contributed by atoms with Crippen LogP contribution >= 0.6 is 0 Å². The van der Waals surface area contributed by atoms with Crippen molar-refractivity contribution < 1.29 is 9.53 Å². The maximum atomic E-state index is 12.3. The first-order valence-electron chi connectivity index (χ1n) is 8.87. The summed E-state index contributed by atoms with van der Waals surface area (Å²) in [5.41, 5.74) is 7.61. The standard InChI is InChI=1S/C24H24O2/c1-16-10-17(2)12-20(11-16)15-21-13-18(3)23(19(4)14-21)26-24(25)22-8-6-5-7-9-22/h5-14H,15H2,1-4H3. The van der Waals surface area contributed by atoms with Crippen LogP contribution < -0.4 is 4.74 Å². The van der Waals surface area contributed by atoms with Crippen molar-refractivity contribution in [3.63, 3.8) is 0 Å². The Balaban J connectivity index is 1.83. The Kier molecular flexibility index (Phi) is 5.22. The second-order valence-electron chi connectivity index (χ2n) is 6.99. The molecule has 0 amide bonds. The maximum Gasteiger partial charge on any atom is 0.343 e. The number of rotatable bonds is 4. The lowest BCUT2D eigenvalue weighted by Crippen LogP contribution is -2.10. The SMILES string of the molecule is Cc1cc(C)cc(Cc2cc(C)c(OC(=O)c3ccccc3)c(C)c2)c1. The Labute approximate surface area is 155 Å². The van der Waals surface area contributed by atoms with Gasteiger partial charge in [-0.05, 0) is 68.5 Å². The third-order valence-corrected chi connectivity index (χ3v) is 4.41. The molecule has 0 saturated heterocycles. The molecule has 0 saturated carbocycles. The van der Waals surface area contributed by atoms with Gasteiger partial charge in [-0.1, -0.05) is 59.7 Å². The fraction of sp³-hybridized carbons (Fsp3) is 0.208. The predicted molar refractivity (Wildman–Crippen MR) is 106 cm³/mol. The Bertz CT molecular complexity index is 896. The normalized spacial score (nSPS) is 10.6. The van der Waals surface area contributed by atoms with Gasteiger partial charge in [-0.3, -0.25) is 0 Å². The second-order valence-corrected chi connectivity index (χ2v) is 6.99. The number of carbonyl (C=O) groups excluding carboxylic acids is 1. The summed E-state index contributed by atoms with van der Waals surface area (Å²) in [7, 11) is 0. The van der Waals surface area contributed by atoms with Gasteiger partial charge in [-0.25, -0.2) is 4.79 Å². The molecular weight excluding hydrogens is 320 g/mol. The molecule has 0 unspecified atom stereocenters. The number of aryl methyl sites for hydroxylation is 4. The number of esters is 1. The zero-order chi connectivity index (χ0) is 18.7. The summed E-state index contributed by atoms with van der Waals surface area (Å²) in [6, 6.07) is 19.9. The molecule has 0 aliphatic heterocycles. The van der Waals surface area contributed by atoms with Gasteiger partial charge < -0.3 is 4.74 Å². The molecule has 0 N–H and O–H groups in total. The summed E-state index contributed by atoms with van der Waals surface area (Å²) in [4.78, 5) is 12.3. The van der Waals surface area contributed by atoms with Crippen LogP contribution in [-0.2, 0) is 6.42 Å². The van der Waals surface area contributed by atoms with E-state index in [4.69, 9.17) is 4.74 Å². The summed E-state index contributed by atoms with van der Waals surface area (Å²) >= 11 is 0. The van der Waals surface area contributed by atoms with E-state index in [1.165, 1.54) is 22.3 Å². The summed E-state index contributed by atoms with van der Waals surface area (Å²) in [6.45, 7) is 8.23. The molecule has 2 heteroatoms. The minimum absolute atomic E-state index is 0.321. The topological polar surface area (TPSA) is 26.3 Å². The fourth-order valence-electron chi connectivity index (χ4n) is 3.44.